The van der Waals surface area contributed by atoms with Crippen LogP contribution in [0, 0.1) is 0 Å². The van der Waals surface area contributed by atoms with Gasteiger partial charge >= 0.3 is 0 Å². The van der Waals surface area contributed by atoms with Crippen molar-refractivity contribution in [2.24, 2.45) is 0 Å². The maximum atomic E-state index is 14.9. The molecule has 5 atom stereocenters. The van der Waals surface area contributed by atoms with E-state index in [4.69, 9.17) is 4.84 Å². The van der Waals surface area contributed by atoms with Gasteiger partial charge in [-0.2, -0.15) is 5.48 Å². The van der Waals surface area contributed by atoms with Gasteiger partial charge in [0, 0.05) is 34.0 Å². The lowest BCUT2D eigenvalue weighted by Gasteiger charge is -2.38. The zero-order valence-corrected chi connectivity index (χ0v) is 24.2. The molecule has 1 fully saturated rings. The van der Waals surface area contributed by atoms with Crippen LogP contribution in [0.25, 0.3) is 0 Å². The lowest BCUT2D eigenvalue weighted by molar-refractivity contribution is -0.131. The number of nitrogens with zero attached hydrogens (tertiary/aromatic N) is 1. The van der Waals surface area contributed by atoms with Crippen molar-refractivity contribution in [3.05, 3.63) is 36.0 Å². The third kappa shape index (κ3) is 11.6. The fraction of sp³-hybridized carbons (Fsp3) is 0.731. The molecule has 0 aliphatic heterocycles. The number of alkyl halides is 1. The van der Waals surface area contributed by atoms with Gasteiger partial charge in [-0.3, -0.25) is 9.52 Å². The van der Waals surface area contributed by atoms with Crippen molar-refractivity contribution in [2.75, 3.05) is 33.5 Å². The largest absolute Gasteiger partial charge is 0.309 e. The van der Waals surface area contributed by atoms with Gasteiger partial charge in [-0.1, -0.05) is 39.5 Å². The van der Waals surface area contributed by atoms with Crippen molar-refractivity contribution >= 4 is 29.6 Å². The number of carbonyl (C=O) groups excluding carboxylic acids is 1. The predicted molar refractivity (Wildman–Crippen MR) is 151 cm³/mol. The van der Waals surface area contributed by atoms with E-state index >= 15 is 0 Å². The maximum Gasteiger partial charge on any atom is 0.267 e. The molecule has 0 aromatic carbocycles. The summed E-state index contributed by atoms with van der Waals surface area (Å²) >= 11 is 2.75. The van der Waals surface area contributed by atoms with Crippen molar-refractivity contribution in [3.8, 4) is 0 Å². The Kier molecular flexibility index (Phi) is 16.2. The number of nitrogens with one attached hydrogen (secondary N) is 3. The Balaban J connectivity index is 2.79. The number of rotatable bonds is 18. The predicted octanol–water partition coefficient (Wildman–Crippen LogP) is 5.31. The molecule has 0 bridgehead atoms. The van der Waals surface area contributed by atoms with Crippen LogP contribution >= 0.6 is 23.7 Å². The van der Waals surface area contributed by atoms with Gasteiger partial charge in [-0.05, 0) is 77.2 Å². The molecule has 5 unspecified atom stereocenters. The third-order valence-corrected chi connectivity index (χ3v) is 8.66. The third-order valence-electron chi connectivity index (χ3n) is 6.35. The summed E-state index contributed by atoms with van der Waals surface area (Å²) in [6.45, 7) is 11.6. The van der Waals surface area contributed by atoms with E-state index in [1.54, 1.807) is 26.2 Å². The molecule has 1 saturated carbocycles. The summed E-state index contributed by atoms with van der Waals surface area (Å²) in [7, 11) is 5.67. The number of carbonyl (C=O) groups is 1. The molecule has 6 nitrogen and oxygen atoms in total. The van der Waals surface area contributed by atoms with Gasteiger partial charge in [0.25, 0.3) is 5.91 Å². The van der Waals surface area contributed by atoms with Crippen LogP contribution in [-0.4, -0.2) is 73.4 Å². The first kappa shape index (κ1) is 33.1. The lowest BCUT2D eigenvalue weighted by Crippen LogP contribution is -2.55. The van der Waals surface area contributed by atoms with E-state index in [1.807, 2.05) is 21.0 Å². The molecule has 0 saturated heterocycles. The summed E-state index contributed by atoms with van der Waals surface area (Å²) in [6, 6.07) is 0.300. The highest BCUT2D eigenvalue weighted by molar-refractivity contribution is 8.03. The summed E-state index contributed by atoms with van der Waals surface area (Å²) in [5, 5.41) is 3.91. The van der Waals surface area contributed by atoms with Gasteiger partial charge < -0.3 is 15.1 Å². The minimum absolute atomic E-state index is 0.0151. The van der Waals surface area contributed by atoms with Crippen LogP contribution < -0.4 is 15.5 Å². The van der Waals surface area contributed by atoms with Crippen molar-refractivity contribution < 1.29 is 18.4 Å². The minimum atomic E-state index is -1.81. The zero-order valence-electron chi connectivity index (χ0n) is 22.6. The average molecular weight is 549 g/mol. The SMILES string of the molecule is C=C/C=C(/SCC(CCN(C)C)NC1CCC(SNC(=O)C(F)(CC)CCC)CC1NOC)C(=C)F. The van der Waals surface area contributed by atoms with Crippen molar-refractivity contribution in [1.82, 2.24) is 20.4 Å². The van der Waals surface area contributed by atoms with Gasteiger partial charge in [0.15, 0.2) is 5.67 Å². The Bertz CT molecular complexity index is 726. The standard InChI is InChI=1S/C26H46F2N4O2S2/c1-8-11-24(19(4)27)35-18-20(14-16-32(5)6)29-22-13-12-21(17-23(22)30-34-7)36-31-25(33)26(28,10-3)15-9-2/h8,11,20-23,29-30H,1,4,9-10,12-18H2,2-3,5-7H3,(H,31,33)/b24-11+. The number of allylic oxidation sites excluding steroid dienone is 3. The quantitative estimate of drug-likeness (QED) is 0.122. The van der Waals surface area contributed by atoms with Crippen LogP contribution in [-0.2, 0) is 9.63 Å². The van der Waals surface area contributed by atoms with E-state index in [9.17, 15) is 13.6 Å². The van der Waals surface area contributed by atoms with Crippen LogP contribution in [0.5, 0.6) is 0 Å². The minimum Gasteiger partial charge on any atom is -0.309 e. The molecule has 0 aromatic rings. The molecule has 0 radical (unpaired) electrons. The first-order chi connectivity index (χ1) is 17.1. The molecule has 10 heteroatoms. The first-order valence-corrected chi connectivity index (χ1v) is 14.6. The summed E-state index contributed by atoms with van der Waals surface area (Å²) in [5.74, 6) is -0.301. The fourth-order valence-electron chi connectivity index (χ4n) is 4.24. The molecule has 1 aliphatic carbocycles. The summed E-state index contributed by atoms with van der Waals surface area (Å²) in [4.78, 5) is 20.4. The summed E-state index contributed by atoms with van der Waals surface area (Å²) in [5.41, 5.74) is 1.30. The molecule has 1 aliphatic rings. The lowest BCUT2D eigenvalue weighted by atomic mass is 9.89. The Labute approximate surface area is 225 Å². The van der Waals surface area contributed by atoms with Crippen LogP contribution in [0.15, 0.2) is 36.0 Å². The first-order valence-electron chi connectivity index (χ1n) is 12.7. The molecule has 0 aromatic heterocycles. The van der Waals surface area contributed by atoms with E-state index in [2.05, 4.69) is 33.6 Å². The number of halogens is 2. The molecular weight excluding hydrogens is 502 g/mol. The molecule has 3 N–H and O–H groups in total. The average Bonchev–Trinajstić information content (AvgIpc) is 2.84. The normalized spacial score (nSPS) is 23.2. The number of hydroxylamine groups is 1. The van der Waals surface area contributed by atoms with Crippen LogP contribution in [0.4, 0.5) is 8.78 Å². The monoisotopic (exact) mass is 548 g/mol. The second-order valence-corrected chi connectivity index (χ2v) is 11.7. The zero-order chi connectivity index (χ0) is 27.1. The molecule has 208 valence electrons. The van der Waals surface area contributed by atoms with E-state index in [1.165, 1.54) is 23.7 Å². The smallest absolute Gasteiger partial charge is 0.267 e. The Hall–Kier alpha value is -0.910. The number of hydrogen-bond donors (Lipinski definition) is 3. The van der Waals surface area contributed by atoms with Crippen molar-refractivity contribution in [3.63, 3.8) is 0 Å². The van der Waals surface area contributed by atoms with Crippen LogP contribution in [0.1, 0.15) is 58.8 Å². The van der Waals surface area contributed by atoms with E-state index < -0.39 is 17.4 Å². The highest BCUT2D eigenvalue weighted by Crippen LogP contribution is 2.31. The summed E-state index contributed by atoms with van der Waals surface area (Å²) in [6.07, 6.45) is 7.64. The van der Waals surface area contributed by atoms with E-state index in [0.717, 1.165) is 32.2 Å². The Morgan fingerprint density at radius 3 is 2.58 bits per heavy atom. The highest BCUT2D eigenvalue weighted by atomic mass is 32.2. The van der Waals surface area contributed by atoms with Gasteiger partial charge in [0.1, 0.15) is 5.83 Å². The Morgan fingerprint density at radius 2 is 2.03 bits per heavy atom. The van der Waals surface area contributed by atoms with Gasteiger partial charge in [0.05, 0.1) is 7.11 Å². The van der Waals surface area contributed by atoms with E-state index in [-0.39, 0.29) is 36.2 Å². The maximum absolute atomic E-state index is 14.9. The molecule has 0 spiro atoms. The molecule has 1 amide bonds. The molecule has 1 rings (SSSR count). The number of hydrogen-bond acceptors (Lipinski definition) is 7. The highest BCUT2D eigenvalue weighted by Gasteiger charge is 2.37. The fourth-order valence-corrected chi connectivity index (χ4v) is 6.25. The van der Waals surface area contributed by atoms with Crippen molar-refractivity contribution in [2.45, 2.75) is 87.8 Å². The van der Waals surface area contributed by atoms with Crippen molar-refractivity contribution in [1.29, 1.82) is 0 Å². The second-order valence-electron chi connectivity index (χ2n) is 9.53. The number of amides is 1. The topological polar surface area (TPSA) is 65.6 Å². The van der Waals surface area contributed by atoms with Gasteiger partial charge in [-0.25, -0.2) is 8.78 Å². The number of thioether (sulfide) groups is 1. The van der Waals surface area contributed by atoms with Crippen LogP contribution in [0.3, 0.4) is 0 Å². The van der Waals surface area contributed by atoms with E-state index in [0.29, 0.717) is 17.1 Å². The summed E-state index contributed by atoms with van der Waals surface area (Å²) < 4.78 is 31.5. The Morgan fingerprint density at radius 1 is 1.31 bits per heavy atom. The van der Waals surface area contributed by atoms with Crippen LogP contribution in [0.2, 0.25) is 0 Å². The van der Waals surface area contributed by atoms with Gasteiger partial charge in [0.2, 0.25) is 0 Å². The molecule has 0 heterocycles. The second kappa shape index (κ2) is 17.6. The molecule has 36 heavy (non-hydrogen) atoms. The van der Waals surface area contributed by atoms with Gasteiger partial charge in [-0.15, -0.1) is 11.8 Å². The molecular formula is C26H46F2N4O2S2.